The second kappa shape index (κ2) is 6.07. The monoisotopic (exact) mass is 304 g/mol. The maximum atomic E-state index is 13.5. The first-order chi connectivity index (χ1) is 10.6. The molecule has 1 aromatic carbocycles. The van der Waals surface area contributed by atoms with Crippen molar-refractivity contribution in [1.29, 1.82) is 0 Å². The average molecular weight is 304 g/mol. The molecule has 1 saturated carbocycles. The summed E-state index contributed by atoms with van der Waals surface area (Å²) < 4.78 is 13.5. The number of hydrogen-bond donors (Lipinski definition) is 1. The van der Waals surface area contributed by atoms with Crippen LogP contribution < -0.4 is 5.32 Å². The van der Waals surface area contributed by atoms with E-state index in [4.69, 9.17) is 0 Å². The number of benzene rings is 1. The second-order valence-corrected chi connectivity index (χ2v) is 6.36. The number of halogens is 1. The van der Waals surface area contributed by atoms with Crippen LogP contribution >= 0.6 is 0 Å². The van der Waals surface area contributed by atoms with Crippen molar-refractivity contribution in [3.05, 3.63) is 35.6 Å². The predicted molar refractivity (Wildman–Crippen MR) is 80.4 cm³/mol. The lowest BCUT2D eigenvalue weighted by Crippen LogP contribution is -2.38. The fourth-order valence-electron chi connectivity index (χ4n) is 3.32. The summed E-state index contributed by atoms with van der Waals surface area (Å²) in [5.41, 5.74) is 0.678. The number of hydrogen-bond acceptors (Lipinski definition) is 2. The number of amides is 2. The van der Waals surface area contributed by atoms with Gasteiger partial charge in [0, 0.05) is 20.0 Å². The molecule has 2 amide bonds. The first-order valence-corrected chi connectivity index (χ1v) is 7.85. The van der Waals surface area contributed by atoms with Gasteiger partial charge in [0.15, 0.2) is 0 Å². The Labute approximate surface area is 129 Å². The summed E-state index contributed by atoms with van der Waals surface area (Å²) in [5.74, 6) is -0.387. The molecule has 1 aliphatic carbocycles. The van der Waals surface area contributed by atoms with Crippen molar-refractivity contribution < 1.29 is 14.0 Å². The molecule has 1 aliphatic heterocycles. The van der Waals surface area contributed by atoms with Crippen molar-refractivity contribution >= 4 is 11.8 Å². The van der Waals surface area contributed by atoms with Crippen LogP contribution in [0.2, 0.25) is 0 Å². The highest BCUT2D eigenvalue weighted by Crippen LogP contribution is 2.37. The van der Waals surface area contributed by atoms with Crippen LogP contribution in [0.1, 0.15) is 37.3 Å². The summed E-state index contributed by atoms with van der Waals surface area (Å²) in [6.07, 6.45) is 3.75. The Morgan fingerprint density at radius 2 is 2.18 bits per heavy atom. The fourth-order valence-corrected chi connectivity index (χ4v) is 3.32. The van der Waals surface area contributed by atoms with Crippen molar-refractivity contribution in [1.82, 2.24) is 10.2 Å². The largest absolute Gasteiger partial charge is 0.355 e. The van der Waals surface area contributed by atoms with Crippen molar-refractivity contribution in [2.45, 2.75) is 31.7 Å². The van der Waals surface area contributed by atoms with E-state index >= 15 is 0 Å². The minimum atomic E-state index is -0.445. The first kappa shape index (κ1) is 15.0. The van der Waals surface area contributed by atoms with Crippen LogP contribution in [0.3, 0.4) is 0 Å². The maximum absolute atomic E-state index is 13.5. The van der Waals surface area contributed by atoms with Crippen molar-refractivity contribution in [3.8, 4) is 0 Å². The summed E-state index contributed by atoms with van der Waals surface area (Å²) in [6, 6.07) is 5.78. The minimum Gasteiger partial charge on any atom is -0.355 e. The molecule has 1 heterocycles. The number of carbonyl (C=O) groups excluding carboxylic acids is 2. The van der Waals surface area contributed by atoms with Crippen LogP contribution in [0.4, 0.5) is 4.39 Å². The van der Waals surface area contributed by atoms with Gasteiger partial charge in [-0.25, -0.2) is 4.39 Å². The molecular weight excluding hydrogens is 283 g/mol. The van der Waals surface area contributed by atoms with E-state index in [0.717, 1.165) is 12.8 Å². The second-order valence-electron chi connectivity index (χ2n) is 6.36. The molecule has 0 aromatic heterocycles. The van der Waals surface area contributed by atoms with E-state index in [-0.39, 0.29) is 30.1 Å². The Kier molecular flexibility index (Phi) is 4.14. The van der Waals surface area contributed by atoms with Gasteiger partial charge in [0.1, 0.15) is 5.82 Å². The van der Waals surface area contributed by atoms with E-state index in [1.807, 2.05) is 0 Å². The van der Waals surface area contributed by atoms with Crippen LogP contribution in [0.25, 0.3) is 0 Å². The molecule has 0 spiro atoms. The van der Waals surface area contributed by atoms with Gasteiger partial charge in [-0.1, -0.05) is 18.6 Å². The summed E-state index contributed by atoms with van der Waals surface area (Å²) in [6.45, 7) is 0.684. The Morgan fingerprint density at radius 1 is 1.41 bits per heavy atom. The zero-order valence-corrected chi connectivity index (χ0v) is 12.7. The van der Waals surface area contributed by atoms with E-state index in [2.05, 4.69) is 5.32 Å². The molecule has 0 radical (unpaired) electrons. The summed E-state index contributed by atoms with van der Waals surface area (Å²) in [5, 5.41) is 2.97. The van der Waals surface area contributed by atoms with Gasteiger partial charge in [0.25, 0.3) is 0 Å². The van der Waals surface area contributed by atoms with Gasteiger partial charge in [-0.3, -0.25) is 9.59 Å². The van der Waals surface area contributed by atoms with E-state index in [1.165, 1.54) is 18.6 Å². The molecular formula is C17H21FN2O2. The quantitative estimate of drug-likeness (QED) is 0.927. The molecule has 0 unspecified atom stereocenters. The zero-order valence-electron chi connectivity index (χ0n) is 12.7. The molecule has 4 nitrogen and oxygen atoms in total. The molecule has 118 valence electrons. The highest BCUT2D eigenvalue weighted by molar-refractivity contribution is 5.90. The predicted octanol–water partition coefficient (Wildman–Crippen LogP) is 2.26. The van der Waals surface area contributed by atoms with Gasteiger partial charge in [-0.05, 0) is 36.5 Å². The van der Waals surface area contributed by atoms with Crippen LogP contribution in [0.15, 0.2) is 24.3 Å². The average Bonchev–Trinajstić information content (AvgIpc) is 2.73. The van der Waals surface area contributed by atoms with E-state index in [0.29, 0.717) is 18.0 Å². The number of rotatable bonds is 4. The lowest BCUT2D eigenvalue weighted by atomic mass is 9.85. The Hall–Kier alpha value is -1.91. The highest BCUT2D eigenvalue weighted by atomic mass is 19.1. The van der Waals surface area contributed by atoms with E-state index < -0.39 is 5.92 Å². The molecule has 1 saturated heterocycles. The number of nitrogens with zero attached hydrogens (tertiary/aromatic N) is 1. The molecule has 2 atom stereocenters. The third kappa shape index (κ3) is 2.85. The lowest BCUT2D eigenvalue weighted by Gasteiger charge is -2.28. The Morgan fingerprint density at radius 3 is 2.82 bits per heavy atom. The molecule has 1 aromatic rings. The highest BCUT2D eigenvalue weighted by Gasteiger charge is 2.42. The Bertz CT molecular complexity index is 586. The molecule has 22 heavy (non-hydrogen) atoms. The van der Waals surface area contributed by atoms with E-state index in [1.54, 1.807) is 24.1 Å². The lowest BCUT2D eigenvalue weighted by molar-refractivity contribution is -0.128. The summed E-state index contributed by atoms with van der Waals surface area (Å²) in [4.78, 5) is 26.0. The van der Waals surface area contributed by atoms with Gasteiger partial charge in [-0.15, -0.1) is 0 Å². The normalized spacial score (nSPS) is 25.2. The van der Waals surface area contributed by atoms with Gasteiger partial charge in [-0.2, -0.15) is 0 Å². The maximum Gasteiger partial charge on any atom is 0.226 e. The number of carbonyl (C=O) groups is 2. The van der Waals surface area contributed by atoms with Gasteiger partial charge in [0.05, 0.1) is 12.0 Å². The smallest absolute Gasteiger partial charge is 0.226 e. The number of likely N-dealkylation sites (tertiary alicyclic amines) is 1. The molecule has 5 heteroatoms. The topological polar surface area (TPSA) is 49.4 Å². The van der Waals surface area contributed by atoms with Gasteiger partial charge >= 0.3 is 0 Å². The third-order valence-electron chi connectivity index (χ3n) is 4.90. The summed E-state index contributed by atoms with van der Waals surface area (Å²) >= 11 is 0. The van der Waals surface area contributed by atoms with Crippen LogP contribution in [-0.2, 0) is 9.59 Å². The Balaban J connectivity index is 1.75. The number of nitrogens with one attached hydrogen (secondary N) is 1. The zero-order chi connectivity index (χ0) is 15.7. The standard InChI is InChI=1S/C17H21FN2O2/c1-20-15(21)9-14(17(22)19-10-11-4-2-5-11)16(20)12-6-3-7-13(18)8-12/h3,6-8,11,14,16H,2,4-5,9-10H2,1H3,(H,19,22)/t14-,16+/m0/s1. The van der Waals surface area contributed by atoms with Crippen molar-refractivity contribution in [3.63, 3.8) is 0 Å². The molecule has 2 aliphatic rings. The molecule has 2 fully saturated rings. The fraction of sp³-hybridized carbons (Fsp3) is 0.529. The van der Waals surface area contributed by atoms with Crippen molar-refractivity contribution in [2.75, 3.05) is 13.6 Å². The van der Waals surface area contributed by atoms with Gasteiger partial charge < -0.3 is 10.2 Å². The first-order valence-electron chi connectivity index (χ1n) is 7.85. The van der Waals surface area contributed by atoms with Crippen LogP contribution in [0, 0.1) is 17.7 Å². The SMILES string of the molecule is CN1C(=O)C[C@H](C(=O)NCC2CCC2)[C@H]1c1cccc(F)c1. The molecule has 0 bridgehead atoms. The van der Waals surface area contributed by atoms with Crippen LogP contribution in [-0.4, -0.2) is 30.3 Å². The van der Waals surface area contributed by atoms with Crippen LogP contribution in [0.5, 0.6) is 0 Å². The molecule has 3 rings (SSSR count). The van der Waals surface area contributed by atoms with Gasteiger partial charge in [0.2, 0.25) is 11.8 Å². The summed E-state index contributed by atoms with van der Waals surface area (Å²) in [7, 11) is 1.68. The van der Waals surface area contributed by atoms with Crippen molar-refractivity contribution in [2.24, 2.45) is 11.8 Å². The third-order valence-corrected chi connectivity index (χ3v) is 4.90. The van der Waals surface area contributed by atoms with E-state index in [9.17, 15) is 14.0 Å². The molecule has 1 N–H and O–H groups in total. The minimum absolute atomic E-state index is 0.0712.